The third-order valence-electron chi connectivity index (χ3n) is 4.32. The fraction of sp³-hybridized carbons (Fsp3) is 0.500. The maximum absolute atomic E-state index is 12.3. The molecular weight excluding hydrogens is 308 g/mol. The van der Waals surface area contributed by atoms with E-state index in [1.807, 2.05) is 0 Å². The Balaban J connectivity index is 1.68. The highest BCUT2D eigenvalue weighted by Gasteiger charge is 2.57. The zero-order valence-corrected chi connectivity index (χ0v) is 12.2. The van der Waals surface area contributed by atoms with Crippen LogP contribution in [0, 0.1) is 11.3 Å². The summed E-state index contributed by atoms with van der Waals surface area (Å²) in [5, 5.41) is 15.9. The number of anilines is 1. The summed E-state index contributed by atoms with van der Waals surface area (Å²) in [7, 11) is 0. The number of carbonyl (C=O) groups excluding carboxylic acids is 1. The Kier molecular flexibility index (Phi) is 3.27. The molecule has 102 valence electrons. The van der Waals surface area contributed by atoms with Gasteiger partial charge in [0.15, 0.2) is 0 Å². The molecule has 0 radical (unpaired) electrons. The summed E-state index contributed by atoms with van der Waals surface area (Å²) in [6.07, 6.45) is 3.14. The number of hydrogen-bond donors (Lipinski definition) is 3. The molecule has 19 heavy (non-hydrogen) atoms. The van der Waals surface area contributed by atoms with E-state index < -0.39 is 0 Å². The van der Waals surface area contributed by atoms with E-state index in [0.29, 0.717) is 5.69 Å². The standard InChI is InChI=1S/C14H17BrN2O2/c15-9-1-2-12(18)11(7-9)17-13(19)10-8-14(10)3-5-16-6-4-14/h1-2,7,10,16,18H,3-6,8H2,(H,17,19). The van der Waals surface area contributed by atoms with Gasteiger partial charge in [0.2, 0.25) is 5.91 Å². The maximum atomic E-state index is 12.3. The van der Waals surface area contributed by atoms with Gasteiger partial charge < -0.3 is 15.7 Å². The Bertz CT molecular complexity index is 512. The van der Waals surface area contributed by atoms with Gasteiger partial charge >= 0.3 is 0 Å². The van der Waals surface area contributed by atoms with Gasteiger partial charge in [0.25, 0.3) is 0 Å². The summed E-state index contributed by atoms with van der Waals surface area (Å²) in [5.74, 6) is 0.250. The second-order valence-electron chi connectivity index (χ2n) is 5.52. The number of benzene rings is 1. The molecule has 1 saturated heterocycles. The van der Waals surface area contributed by atoms with Crippen LogP contribution in [0.15, 0.2) is 22.7 Å². The number of amides is 1. The summed E-state index contributed by atoms with van der Waals surface area (Å²) in [5.41, 5.74) is 0.701. The van der Waals surface area contributed by atoms with Gasteiger partial charge in [-0.3, -0.25) is 4.79 Å². The fourth-order valence-electron chi connectivity index (χ4n) is 3.02. The molecule has 1 saturated carbocycles. The van der Waals surface area contributed by atoms with E-state index in [2.05, 4.69) is 26.6 Å². The average molecular weight is 325 g/mol. The lowest BCUT2D eigenvalue weighted by Crippen LogP contribution is -2.31. The largest absolute Gasteiger partial charge is 0.506 e. The first kappa shape index (κ1) is 12.9. The first-order chi connectivity index (χ1) is 9.11. The lowest BCUT2D eigenvalue weighted by Gasteiger charge is -2.23. The Morgan fingerprint density at radius 3 is 2.89 bits per heavy atom. The van der Waals surface area contributed by atoms with Gasteiger partial charge in [-0.15, -0.1) is 0 Å². The van der Waals surface area contributed by atoms with Crippen molar-refractivity contribution in [2.45, 2.75) is 19.3 Å². The van der Waals surface area contributed by atoms with Crippen LogP contribution in [0.5, 0.6) is 5.75 Å². The van der Waals surface area contributed by atoms with Crippen LogP contribution < -0.4 is 10.6 Å². The minimum Gasteiger partial charge on any atom is -0.506 e. The average Bonchev–Trinajstić information content (AvgIpc) is 3.08. The molecule has 5 heteroatoms. The predicted molar refractivity (Wildman–Crippen MR) is 77.1 cm³/mol. The monoisotopic (exact) mass is 324 g/mol. The van der Waals surface area contributed by atoms with Gasteiger partial charge in [-0.25, -0.2) is 0 Å². The number of phenolic OH excluding ortho intramolecular Hbond substituents is 1. The van der Waals surface area contributed by atoms with E-state index >= 15 is 0 Å². The van der Waals surface area contributed by atoms with Gasteiger partial charge in [-0.1, -0.05) is 15.9 Å². The van der Waals surface area contributed by atoms with Gasteiger partial charge in [0.05, 0.1) is 5.69 Å². The highest BCUT2D eigenvalue weighted by atomic mass is 79.9. The van der Waals surface area contributed by atoms with Crippen LogP contribution in [0.3, 0.4) is 0 Å². The molecule has 1 aliphatic heterocycles. The van der Waals surface area contributed by atoms with Crippen LogP contribution in [0.2, 0.25) is 0 Å². The Hall–Kier alpha value is -1.07. The van der Waals surface area contributed by atoms with Crippen LogP contribution in [-0.2, 0) is 4.79 Å². The van der Waals surface area contributed by atoms with Crippen molar-refractivity contribution in [1.29, 1.82) is 0 Å². The first-order valence-corrected chi connectivity index (χ1v) is 7.40. The Morgan fingerprint density at radius 2 is 2.16 bits per heavy atom. The highest BCUT2D eigenvalue weighted by Crippen LogP contribution is 2.58. The predicted octanol–water partition coefficient (Wildman–Crippen LogP) is 2.48. The van der Waals surface area contributed by atoms with Crippen molar-refractivity contribution in [1.82, 2.24) is 5.32 Å². The van der Waals surface area contributed by atoms with Crippen molar-refractivity contribution < 1.29 is 9.90 Å². The van der Waals surface area contributed by atoms with Gasteiger partial charge in [-0.2, -0.15) is 0 Å². The minimum atomic E-state index is 0.0373. The molecule has 3 rings (SSSR count). The lowest BCUT2D eigenvalue weighted by atomic mass is 9.92. The lowest BCUT2D eigenvalue weighted by molar-refractivity contribution is -0.118. The van der Waals surface area contributed by atoms with E-state index in [0.717, 1.165) is 36.8 Å². The van der Waals surface area contributed by atoms with Gasteiger partial charge in [0.1, 0.15) is 5.75 Å². The number of aromatic hydroxyl groups is 1. The SMILES string of the molecule is O=C(Nc1cc(Br)ccc1O)C1CC12CCNCC2. The van der Waals surface area contributed by atoms with E-state index in [9.17, 15) is 9.90 Å². The summed E-state index contributed by atoms with van der Waals surface area (Å²) < 4.78 is 0.841. The normalized spacial score (nSPS) is 24.2. The molecule has 1 aromatic carbocycles. The summed E-state index contributed by atoms with van der Waals surface area (Å²) in [6, 6.07) is 5.05. The molecule has 1 unspecified atom stereocenters. The smallest absolute Gasteiger partial charge is 0.228 e. The van der Waals surface area contributed by atoms with Crippen molar-refractivity contribution in [3.8, 4) is 5.75 Å². The Labute approximate surface area is 120 Å². The number of hydrogen-bond acceptors (Lipinski definition) is 3. The molecule has 1 amide bonds. The minimum absolute atomic E-state index is 0.0373. The topological polar surface area (TPSA) is 61.4 Å². The first-order valence-electron chi connectivity index (χ1n) is 6.61. The molecule has 3 N–H and O–H groups in total. The molecule has 4 nitrogen and oxygen atoms in total. The molecule has 0 bridgehead atoms. The number of carbonyl (C=O) groups is 1. The second-order valence-corrected chi connectivity index (χ2v) is 6.44. The quantitative estimate of drug-likeness (QED) is 0.732. The molecule has 2 fully saturated rings. The highest BCUT2D eigenvalue weighted by molar-refractivity contribution is 9.10. The number of rotatable bonds is 2. The van der Waals surface area contributed by atoms with E-state index in [1.165, 1.54) is 0 Å². The molecule has 1 aromatic rings. The summed E-state index contributed by atoms with van der Waals surface area (Å²) >= 11 is 3.34. The van der Waals surface area contributed by atoms with Gasteiger partial charge in [0, 0.05) is 10.4 Å². The molecule has 0 aromatic heterocycles. The third kappa shape index (κ3) is 2.49. The summed E-state index contributed by atoms with van der Waals surface area (Å²) in [6.45, 7) is 2.01. The second kappa shape index (κ2) is 4.80. The van der Waals surface area contributed by atoms with Crippen LogP contribution in [0.1, 0.15) is 19.3 Å². The molecule has 1 atom stereocenters. The molecule has 1 aliphatic carbocycles. The Morgan fingerprint density at radius 1 is 1.42 bits per heavy atom. The van der Waals surface area contributed by atoms with Crippen molar-refractivity contribution in [2.24, 2.45) is 11.3 Å². The molecule has 2 aliphatic rings. The zero-order chi connectivity index (χ0) is 13.5. The van der Waals surface area contributed by atoms with Crippen LogP contribution in [-0.4, -0.2) is 24.1 Å². The number of halogens is 1. The molecular formula is C14H17BrN2O2. The zero-order valence-electron chi connectivity index (χ0n) is 10.6. The fourth-order valence-corrected chi connectivity index (χ4v) is 3.38. The van der Waals surface area contributed by atoms with Crippen molar-refractivity contribution in [3.63, 3.8) is 0 Å². The van der Waals surface area contributed by atoms with Crippen LogP contribution in [0.25, 0.3) is 0 Å². The number of nitrogens with one attached hydrogen (secondary N) is 2. The maximum Gasteiger partial charge on any atom is 0.228 e. The van der Waals surface area contributed by atoms with E-state index in [-0.39, 0.29) is 23.0 Å². The number of phenols is 1. The van der Waals surface area contributed by atoms with Crippen LogP contribution in [0.4, 0.5) is 5.69 Å². The van der Waals surface area contributed by atoms with Crippen LogP contribution >= 0.6 is 15.9 Å². The van der Waals surface area contributed by atoms with Crippen molar-refractivity contribution in [2.75, 3.05) is 18.4 Å². The van der Waals surface area contributed by atoms with E-state index in [1.54, 1.807) is 18.2 Å². The number of piperidine rings is 1. The molecule has 1 spiro atoms. The molecule has 1 heterocycles. The van der Waals surface area contributed by atoms with Crippen molar-refractivity contribution >= 4 is 27.5 Å². The van der Waals surface area contributed by atoms with Crippen molar-refractivity contribution in [3.05, 3.63) is 22.7 Å². The summed E-state index contributed by atoms with van der Waals surface area (Å²) in [4.78, 5) is 12.3. The van der Waals surface area contributed by atoms with Gasteiger partial charge in [-0.05, 0) is 56.0 Å². The van der Waals surface area contributed by atoms with E-state index in [4.69, 9.17) is 0 Å². The third-order valence-corrected chi connectivity index (χ3v) is 4.82.